The van der Waals surface area contributed by atoms with Crippen LogP contribution in [0.1, 0.15) is 35.5 Å². The van der Waals surface area contributed by atoms with Crippen molar-refractivity contribution in [2.75, 3.05) is 13.3 Å². The largest absolute Gasteiger partial charge is 0.319 e. The van der Waals surface area contributed by atoms with Crippen LogP contribution in [0.4, 0.5) is 4.39 Å². The van der Waals surface area contributed by atoms with E-state index in [0.29, 0.717) is 11.1 Å². The van der Waals surface area contributed by atoms with Gasteiger partial charge in [0.2, 0.25) is 0 Å². The van der Waals surface area contributed by atoms with Gasteiger partial charge in [0, 0.05) is 22.9 Å². The number of nitriles is 1. The van der Waals surface area contributed by atoms with Crippen molar-refractivity contribution in [1.29, 1.82) is 5.26 Å². The van der Waals surface area contributed by atoms with Gasteiger partial charge in [-0.1, -0.05) is 24.3 Å². The van der Waals surface area contributed by atoms with Crippen molar-refractivity contribution in [3.63, 3.8) is 0 Å². The van der Waals surface area contributed by atoms with Gasteiger partial charge in [-0.3, -0.25) is 0 Å². The second-order valence-corrected chi connectivity index (χ2v) is 12.9. The second-order valence-electron chi connectivity index (χ2n) is 9.73. The summed E-state index contributed by atoms with van der Waals surface area (Å²) < 4.78 is 31.4. The maximum Gasteiger partial charge on any atom is 0.159 e. The summed E-state index contributed by atoms with van der Waals surface area (Å²) in [6, 6.07) is 18.6. The molecule has 2 aliphatic rings. The highest BCUT2D eigenvalue weighted by atomic mass is 31.2. The van der Waals surface area contributed by atoms with Crippen LogP contribution < -0.4 is 5.30 Å². The number of hydrogen-bond donors (Lipinski definition) is 0. The fourth-order valence-electron chi connectivity index (χ4n) is 5.74. The Morgan fingerprint density at radius 3 is 2.67 bits per heavy atom. The number of benzene rings is 3. The molecule has 2 aliphatic heterocycles. The summed E-state index contributed by atoms with van der Waals surface area (Å²) in [7, 11) is -2.71. The fourth-order valence-corrected chi connectivity index (χ4v) is 6.76. The number of fused-ring (bicyclic) bond motifs is 6. The molecule has 0 amide bonds. The van der Waals surface area contributed by atoms with Crippen molar-refractivity contribution < 1.29 is 8.96 Å². The van der Waals surface area contributed by atoms with Crippen LogP contribution in [0.15, 0.2) is 60.9 Å². The van der Waals surface area contributed by atoms with Gasteiger partial charge in [-0.05, 0) is 54.8 Å². The zero-order valence-electron chi connectivity index (χ0n) is 19.6. The Hall–Kier alpha value is -4.08. The minimum absolute atomic E-state index is 0.107. The summed E-state index contributed by atoms with van der Waals surface area (Å²) in [4.78, 5) is 9.48. The molecule has 36 heavy (non-hydrogen) atoms. The van der Waals surface area contributed by atoms with Gasteiger partial charge in [0.25, 0.3) is 0 Å². The molecule has 176 valence electrons. The van der Waals surface area contributed by atoms with Gasteiger partial charge in [0.1, 0.15) is 31.2 Å². The summed E-state index contributed by atoms with van der Waals surface area (Å²) in [5, 5.41) is 14.7. The first-order valence-corrected chi connectivity index (χ1v) is 14.3. The predicted octanol–water partition coefficient (Wildman–Crippen LogP) is 5.12. The average Bonchev–Trinajstić information content (AvgIpc) is 3.54. The normalized spacial score (nSPS) is 17.8. The highest BCUT2D eigenvalue weighted by Crippen LogP contribution is 2.50. The molecular weight excluding hydrogens is 474 g/mol. The van der Waals surface area contributed by atoms with Gasteiger partial charge in [0.05, 0.1) is 28.7 Å². The monoisotopic (exact) mass is 494 g/mol. The van der Waals surface area contributed by atoms with Crippen LogP contribution in [0.3, 0.4) is 0 Å². The molecular formula is C27H20FN6OP. The van der Waals surface area contributed by atoms with Gasteiger partial charge in [-0.2, -0.15) is 10.4 Å². The molecule has 0 fully saturated rings. The number of hydrogen-bond acceptors (Lipinski definition) is 5. The van der Waals surface area contributed by atoms with E-state index >= 15 is 0 Å². The molecule has 3 aromatic carbocycles. The molecule has 7 rings (SSSR count). The lowest BCUT2D eigenvalue weighted by Gasteiger charge is -2.19. The van der Waals surface area contributed by atoms with Crippen LogP contribution in [0.5, 0.6) is 0 Å². The minimum atomic E-state index is -2.71. The van der Waals surface area contributed by atoms with Crippen LogP contribution in [0.25, 0.3) is 33.5 Å². The summed E-state index contributed by atoms with van der Waals surface area (Å²) >= 11 is 0. The Kier molecular flexibility index (Phi) is 4.26. The summed E-state index contributed by atoms with van der Waals surface area (Å²) in [5.41, 5.74) is 5.73. The zero-order valence-corrected chi connectivity index (χ0v) is 20.4. The molecule has 2 bridgehead atoms. The van der Waals surface area contributed by atoms with Crippen molar-refractivity contribution in [3.8, 4) is 28.6 Å². The van der Waals surface area contributed by atoms with Crippen molar-refractivity contribution in [1.82, 2.24) is 24.3 Å². The number of nitrogens with zero attached hydrogens (tertiary/aromatic N) is 6. The van der Waals surface area contributed by atoms with Gasteiger partial charge in [0.15, 0.2) is 5.82 Å². The van der Waals surface area contributed by atoms with Crippen molar-refractivity contribution in [3.05, 3.63) is 83.7 Å². The van der Waals surface area contributed by atoms with Crippen LogP contribution in [0, 0.1) is 17.1 Å². The first kappa shape index (κ1) is 21.2. The van der Waals surface area contributed by atoms with E-state index in [4.69, 9.17) is 4.98 Å². The molecule has 5 aromatic rings. The Labute approximate surface area is 206 Å². The van der Waals surface area contributed by atoms with Crippen LogP contribution >= 0.6 is 7.14 Å². The maximum absolute atomic E-state index is 14.8. The molecule has 7 nitrogen and oxygen atoms in total. The quantitative estimate of drug-likeness (QED) is 0.318. The van der Waals surface area contributed by atoms with Crippen LogP contribution in [0.2, 0.25) is 0 Å². The molecule has 4 heterocycles. The highest BCUT2D eigenvalue weighted by Gasteiger charge is 2.42. The Morgan fingerprint density at radius 2 is 1.89 bits per heavy atom. The third-order valence-electron chi connectivity index (χ3n) is 7.30. The lowest BCUT2D eigenvalue weighted by molar-refractivity contribution is 0.504. The van der Waals surface area contributed by atoms with Gasteiger partial charge in [-0.15, -0.1) is 0 Å². The molecule has 0 spiro atoms. The smallest absolute Gasteiger partial charge is 0.159 e. The van der Waals surface area contributed by atoms with Gasteiger partial charge in [-0.25, -0.2) is 19.0 Å². The van der Waals surface area contributed by atoms with E-state index in [9.17, 15) is 14.2 Å². The number of aromatic nitrogens is 5. The standard InChI is InChI=1S/C27H20FN6OP/c1-36(2,35)24-9-7-15(10-19(24)28)16-6-8-20-21(11-16)33-22-12-23(27(33)32-20)34-26(30-14-31-34)18-5-3-4-17(13-29)25(18)22/h3-11,14,22-23H,12H2,1-2H3/t22-,23-/m1/s1. The predicted molar refractivity (Wildman–Crippen MR) is 135 cm³/mol. The Bertz CT molecular complexity index is 1820. The first-order chi connectivity index (χ1) is 17.3. The second kappa shape index (κ2) is 7.22. The topological polar surface area (TPSA) is 89.4 Å². The molecule has 9 heteroatoms. The Morgan fingerprint density at radius 1 is 1.08 bits per heavy atom. The van der Waals surface area contributed by atoms with E-state index in [1.165, 1.54) is 6.07 Å². The van der Waals surface area contributed by atoms with Crippen LogP contribution in [-0.2, 0) is 4.57 Å². The summed E-state index contributed by atoms with van der Waals surface area (Å²) in [6.07, 6.45) is 2.27. The summed E-state index contributed by atoms with van der Waals surface area (Å²) in [5.74, 6) is 1.16. The molecule has 0 aliphatic carbocycles. The molecule has 0 unspecified atom stereocenters. The summed E-state index contributed by atoms with van der Waals surface area (Å²) in [6.45, 7) is 3.14. The molecule has 0 saturated carbocycles. The molecule has 0 saturated heterocycles. The highest BCUT2D eigenvalue weighted by molar-refractivity contribution is 7.70. The third-order valence-corrected chi connectivity index (χ3v) is 8.83. The fraction of sp³-hybridized carbons (Fsp3) is 0.185. The molecule has 2 atom stereocenters. The van der Waals surface area contributed by atoms with Crippen molar-refractivity contribution in [2.45, 2.75) is 18.5 Å². The molecule has 2 aromatic heterocycles. The third kappa shape index (κ3) is 2.84. The van der Waals surface area contributed by atoms with E-state index in [0.717, 1.165) is 45.8 Å². The van der Waals surface area contributed by atoms with Crippen molar-refractivity contribution in [2.24, 2.45) is 0 Å². The average molecular weight is 494 g/mol. The van der Waals surface area contributed by atoms with Crippen molar-refractivity contribution >= 4 is 23.5 Å². The molecule has 0 N–H and O–H groups in total. The SMILES string of the molecule is CP(C)(=O)c1ccc(-c2ccc3nc4n(c3c2)[C@@H]2C[C@H]4n3ncnc3-c3cccc(C#N)c32)cc1F. The van der Waals surface area contributed by atoms with E-state index in [2.05, 4.69) is 20.7 Å². The first-order valence-electron chi connectivity index (χ1n) is 11.7. The van der Waals surface area contributed by atoms with Gasteiger partial charge >= 0.3 is 0 Å². The number of rotatable bonds is 2. The zero-order chi connectivity index (χ0) is 24.8. The number of halogens is 1. The molecule has 0 radical (unpaired) electrons. The van der Waals surface area contributed by atoms with Crippen LogP contribution in [-0.4, -0.2) is 37.6 Å². The lowest BCUT2D eigenvalue weighted by atomic mass is 9.93. The van der Waals surface area contributed by atoms with E-state index in [1.54, 1.807) is 25.7 Å². The van der Waals surface area contributed by atoms with E-state index in [1.807, 2.05) is 47.1 Å². The Balaban J connectivity index is 1.46. The van der Waals surface area contributed by atoms with Gasteiger partial charge < -0.3 is 9.13 Å². The lowest BCUT2D eigenvalue weighted by Crippen LogP contribution is -2.13. The number of imidazole rings is 1. The minimum Gasteiger partial charge on any atom is -0.319 e. The maximum atomic E-state index is 14.8. The van der Waals surface area contributed by atoms with E-state index < -0.39 is 13.0 Å². The van der Waals surface area contributed by atoms with E-state index in [-0.39, 0.29) is 17.4 Å².